The molecule has 2 heterocycles. The van der Waals surface area contributed by atoms with E-state index in [-0.39, 0.29) is 18.2 Å². The molecule has 0 bridgehead atoms. The summed E-state index contributed by atoms with van der Waals surface area (Å²) in [6.07, 6.45) is 3.02. The zero-order valence-corrected chi connectivity index (χ0v) is 13.5. The summed E-state index contributed by atoms with van der Waals surface area (Å²) in [6, 6.07) is 10.0. The molecule has 3 rings (SSSR count). The van der Waals surface area contributed by atoms with E-state index in [0.29, 0.717) is 26.2 Å². The summed E-state index contributed by atoms with van der Waals surface area (Å²) < 4.78 is 23.4. The van der Waals surface area contributed by atoms with Gasteiger partial charge < -0.3 is 18.9 Å². The summed E-state index contributed by atoms with van der Waals surface area (Å²) in [6.45, 7) is 2.96. The number of carbonyl (C=O) groups is 1. The molecule has 0 amide bonds. The Morgan fingerprint density at radius 3 is 2.78 bits per heavy atom. The fourth-order valence-corrected chi connectivity index (χ4v) is 3.25. The first kappa shape index (κ1) is 16.4. The van der Waals surface area contributed by atoms with Crippen LogP contribution in [0.25, 0.3) is 0 Å². The molecule has 0 unspecified atom stereocenters. The van der Waals surface area contributed by atoms with Crippen LogP contribution in [-0.2, 0) is 30.3 Å². The molecule has 1 spiro atoms. The lowest BCUT2D eigenvalue weighted by atomic mass is 9.93. The second-order valence-corrected chi connectivity index (χ2v) is 6.18. The highest BCUT2D eigenvalue weighted by Gasteiger charge is 2.48. The second kappa shape index (κ2) is 7.43. The van der Waals surface area contributed by atoms with Crippen LogP contribution in [0.4, 0.5) is 0 Å². The van der Waals surface area contributed by atoms with Gasteiger partial charge in [-0.2, -0.15) is 0 Å². The molecule has 2 saturated heterocycles. The van der Waals surface area contributed by atoms with Crippen LogP contribution in [0.15, 0.2) is 30.3 Å². The van der Waals surface area contributed by atoms with E-state index in [1.807, 2.05) is 30.3 Å². The second-order valence-electron chi connectivity index (χ2n) is 6.18. The van der Waals surface area contributed by atoms with Gasteiger partial charge in [0.2, 0.25) is 0 Å². The van der Waals surface area contributed by atoms with Gasteiger partial charge in [0, 0.05) is 19.8 Å². The Morgan fingerprint density at radius 1 is 1.26 bits per heavy atom. The molecule has 0 aliphatic carbocycles. The summed E-state index contributed by atoms with van der Waals surface area (Å²) in [7, 11) is 0. The Labute approximate surface area is 136 Å². The van der Waals surface area contributed by atoms with Crippen molar-refractivity contribution in [2.45, 2.75) is 57.2 Å². The van der Waals surface area contributed by atoms with Gasteiger partial charge in [-0.25, -0.2) is 0 Å². The minimum atomic E-state index is -0.691. The SMILES string of the molecule is CC(=O)O[C@H]1CO[C@@]2(CCCCO2)[C@@H](OCc2ccccc2)C1. The molecular formula is C18H24O5. The maximum Gasteiger partial charge on any atom is 0.302 e. The highest BCUT2D eigenvalue weighted by Crippen LogP contribution is 2.37. The Morgan fingerprint density at radius 2 is 2.09 bits per heavy atom. The van der Waals surface area contributed by atoms with Gasteiger partial charge in [0.15, 0.2) is 5.79 Å². The van der Waals surface area contributed by atoms with E-state index in [1.165, 1.54) is 6.92 Å². The molecule has 1 aromatic rings. The quantitative estimate of drug-likeness (QED) is 0.799. The number of benzene rings is 1. The van der Waals surface area contributed by atoms with Crippen LogP contribution < -0.4 is 0 Å². The average molecular weight is 320 g/mol. The third kappa shape index (κ3) is 4.10. The van der Waals surface area contributed by atoms with Crippen LogP contribution in [0.3, 0.4) is 0 Å². The number of esters is 1. The molecule has 0 radical (unpaired) electrons. The van der Waals surface area contributed by atoms with Crippen LogP contribution in [-0.4, -0.2) is 37.2 Å². The zero-order chi connectivity index (χ0) is 16.1. The van der Waals surface area contributed by atoms with E-state index < -0.39 is 5.79 Å². The van der Waals surface area contributed by atoms with Gasteiger partial charge in [-0.05, 0) is 18.4 Å². The Hall–Kier alpha value is -1.43. The Kier molecular flexibility index (Phi) is 5.30. The highest BCUT2D eigenvalue weighted by atomic mass is 16.7. The third-order valence-corrected chi connectivity index (χ3v) is 4.37. The first-order valence-corrected chi connectivity index (χ1v) is 8.29. The van der Waals surface area contributed by atoms with Crippen LogP contribution in [0.5, 0.6) is 0 Å². The first-order valence-electron chi connectivity index (χ1n) is 8.29. The molecule has 2 aliphatic heterocycles. The minimum Gasteiger partial charge on any atom is -0.460 e. The molecule has 0 aromatic heterocycles. The van der Waals surface area contributed by atoms with Crippen LogP contribution in [0.1, 0.15) is 38.2 Å². The topological polar surface area (TPSA) is 54.0 Å². The summed E-state index contributed by atoms with van der Waals surface area (Å²) in [5, 5.41) is 0. The summed E-state index contributed by atoms with van der Waals surface area (Å²) in [5.74, 6) is -0.982. The lowest BCUT2D eigenvalue weighted by Crippen LogP contribution is -2.57. The van der Waals surface area contributed by atoms with E-state index in [0.717, 1.165) is 24.8 Å². The van der Waals surface area contributed by atoms with E-state index >= 15 is 0 Å². The molecule has 0 saturated carbocycles. The molecule has 23 heavy (non-hydrogen) atoms. The summed E-state index contributed by atoms with van der Waals surface area (Å²) in [5.41, 5.74) is 1.10. The summed E-state index contributed by atoms with van der Waals surface area (Å²) in [4.78, 5) is 11.2. The largest absolute Gasteiger partial charge is 0.460 e. The Bertz CT molecular complexity index is 509. The number of hydrogen-bond acceptors (Lipinski definition) is 5. The van der Waals surface area contributed by atoms with Crippen molar-refractivity contribution in [3.05, 3.63) is 35.9 Å². The van der Waals surface area contributed by atoms with Crippen molar-refractivity contribution < 1.29 is 23.7 Å². The maximum atomic E-state index is 11.2. The molecule has 1 aromatic carbocycles. The average Bonchev–Trinajstić information content (AvgIpc) is 2.57. The van der Waals surface area contributed by atoms with Crippen molar-refractivity contribution in [1.29, 1.82) is 0 Å². The van der Waals surface area contributed by atoms with Crippen LogP contribution in [0.2, 0.25) is 0 Å². The summed E-state index contributed by atoms with van der Waals surface area (Å²) >= 11 is 0. The molecular weight excluding hydrogens is 296 g/mol. The highest BCUT2D eigenvalue weighted by molar-refractivity contribution is 5.66. The standard InChI is InChI=1S/C18H24O5/c1-14(19)23-16-11-17(20-12-15-7-3-2-4-8-15)18(22-13-16)9-5-6-10-21-18/h2-4,7-8,16-17H,5-6,9-13H2,1H3/t16-,17+,18+/m1/s1. The predicted octanol–water partition coefficient (Wildman–Crippen LogP) is 2.82. The van der Waals surface area contributed by atoms with E-state index in [4.69, 9.17) is 18.9 Å². The van der Waals surface area contributed by atoms with Crippen molar-refractivity contribution >= 4 is 5.97 Å². The van der Waals surface area contributed by atoms with Crippen molar-refractivity contribution in [2.24, 2.45) is 0 Å². The van der Waals surface area contributed by atoms with Gasteiger partial charge in [0.05, 0.1) is 19.8 Å². The van der Waals surface area contributed by atoms with E-state index in [2.05, 4.69) is 0 Å². The lowest BCUT2D eigenvalue weighted by Gasteiger charge is -2.47. The fraction of sp³-hybridized carbons (Fsp3) is 0.611. The van der Waals surface area contributed by atoms with Crippen LogP contribution in [0, 0.1) is 0 Å². The van der Waals surface area contributed by atoms with Gasteiger partial charge in [-0.15, -0.1) is 0 Å². The predicted molar refractivity (Wildman–Crippen MR) is 83.7 cm³/mol. The number of hydrogen-bond donors (Lipinski definition) is 0. The van der Waals surface area contributed by atoms with Crippen molar-refractivity contribution in [3.8, 4) is 0 Å². The smallest absolute Gasteiger partial charge is 0.302 e. The molecule has 5 nitrogen and oxygen atoms in total. The minimum absolute atomic E-state index is 0.235. The van der Waals surface area contributed by atoms with E-state index in [1.54, 1.807) is 0 Å². The van der Waals surface area contributed by atoms with Crippen molar-refractivity contribution in [3.63, 3.8) is 0 Å². The van der Waals surface area contributed by atoms with Crippen molar-refractivity contribution in [1.82, 2.24) is 0 Å². The van der Waals surface area contributed by atoms with Gasteiger partial charge in [0.1, 0.15) is 12.2 Å². The molecule has 3 atom stereocenters. The monoisotopic (exact) mass is 320 g/mol. The number of rotatable bonds is 4. The van der Waals surface area contributed by atoms with Gasteiger partial charge in [0.25, 0.3) is 0 Å². The number of carbonyl (C=O) groups excluding carboxylic acids is 1. The lowest BCUT2D eigenvalue weighted by molar-refractivity contribution is -0.337. The maximum absolute atomic E-state index is 11.2. The normalized spacial score (nSPS) is 31.0. The zero-order valence-electron chi connectivity index (χ0n) is 13.5. The van der Waals surface area contributed by atoms with Gasteiger partial charge in [-0.3, -0.25) is 4.79 Å². The first-order chi connectivity index (χ1) is 11.2. The van der Waals surface area contributed by atoms with Crippen LogP contribution >= 0.6 is 0 Å². The molecule has 2 aliphatic rings. The number of ether oxygens (including phenoxy) is 4. The Balaban J connectivity index is 1.68. The fourth-order valence-electron chi connectivity index (χ4n) is 3.25. The van der Waals surface area contributed by atoms with E-state index in [9.17, 15) is 4.79 Å². The third-order valence-electron chi connectivity index (χ3n) is 4.37. The van der Waals surface area contributed by atoms with Crippen molar-refractivity contribution in [2.75, 3.05) is 13.2 Å². The van der Waals surface area contributed by atoms with Gasteiger partial charge in [-0.1, -0.05) is 30.3 Å². The van der Waals surface area contributed by atoms with Gasteiger partial charge >= 0.3 is 5.97 Å². The molecule has 5 heteroatoms. The molecule has 0 N–H and O–H groups in total. The molecule has 126 valence electrons. The molecule has 2 fully saturated rings.